The molecule has 1 unspecified atom stereocenters. The summed E-state index contributed by atoms with van der Waals surface area (Å²) in [5, 5.41) is 13.7. The predicted octanol–water partition coefficient (Wildman–Crippen LogP) is 4.79. The molecule has 1 aliphatic carbocycles. The summed E-state index contributed by atoms with van der Waals surface area (Å²) >= 11 is 0. The van der Waals surface area contributed by atoms with Crippen LogP contribution in [-0.2, 0) is 11.8 Å². The maximum atomic E-state index is 9.97. The van der Waals surface area contributed by atoms with Crippen molar-refractivity contribution in [3.8, 4) is 5.75 Å². The summed E-state index contributed by atoms with van der Waals surface area (Å²) in [5.41, 5.74) is 4.98. The molecule has 0 bridgehead atoms. The molecule has 2 N–H and O–H groups in total. The Hall–Kier alpha value is -1.96. The van der Waals surface area contributed by atoms with Gasteiger partial charge in [0.05, 0.1) is 6.04 Å². The lowest BCUT2D eigenvalue weighted by Gasteiger charge is -2.26. The maximum Gasteiger partial charge on any atom is 0.119 e. The SMILES string of the molecule is CC(C)(C)c1ccccc1NC1CCc2c(O)cccc21. The highest BCUT2D eigenvalue weighted by Gasteiger charge is 2.26. The number of rotatable bonds is 2. The maximum absolute atomic E-state index is 9.97. The largest absolute Gasteiger partial charge is 0.508 e. The van der Waals surface area contributed by atoms with Gasteiger partial charge in [-0.1, -0.05) is 51.1 Å². The average molecular weight is 281 g/mol. The molecule has 21 heavy (non-hydrogen) atoms. The summed E-state index contributed by atoms with van der Waals surface area (Å²) in [6, 6.07) is 14.7. The van der Waals surface area contributed by atoms with Gasteiger partial charge in [0, 0.05) is 5.69 Å². The van der Waals surface area contributed by atoms with E-state index in [1.807, 2.05) is 6.07 Å². The van der Waals surface area contributed by atoms with Crippen LogP contribution in [0, 0.1) is 0 Å². The topological polar surface area (TPSA) is 32.3 Å². The molecule has 0 spiro atoms. The lowest BCUT2D eigenvalue weighted by atomic mass is 9.85. The number of benzene rings is 2. The lowest BCUT2D eigenvalue weighted by Crippen LogP contribution is -2.16. The van der Waals surface area contributed by atoms with Gasteiger partial charge in [0.2, 0.25) is 0 Å². The minimum atomic E-state index is 0.115. The zero-order chi connectivity index (χ0) is 15.0. The molecule has 110 valence electrons. The standard InChI is InChI=1S/C19H23NO/c1-19(2,3)15-8-4-5-9-17(15)20-16-12-11-14-13(16)7-6-10-18(14)21/h4-10,16,20-21H,11-12H2,1-3H3. The number of aromatic hydroxyl groups is 1. The zero-order valence-electron chi connectivity index (χ0n) is 13.0. The van der Waals surface area contributed by atoms with Gasteiger partial charge < -0.3 is 10.4 Å². The van der Waals surface area contributed by atoms with Crippen LogP contribution in [0.25, 0.3) is 0 Å². The van der Waals surface area contributed by atoms with Crippen molar-refractivity contribution in [2.45, 2.75) is 45.1 Å². The molecule has 0 fully saturated rings. The molecule has 0 radical (unpaired) electrons. The first-order valence-electron chi connectivity index (χ1n) is 7.63. The van der Waals surface area contributed by atoms with Gasteiger partial charge in [-0.15, -0.1) is 0 Å². The molecule has 1 aliphatic rings. The number of nitrogens with one attached hydrogen (secondary N) is 1. The summed E-state index contributed by atoms with van der Waals surface area (Å²) in [6.07, 6.45) is 1.97. The number of hydrogen-bond donors (Lipinski definition) is 2. The van der Waals surface area contributed by atoms with E-state index in [1.165, 1.54) is 16.8 Å². The second-order valence-corrected chi connectivity index (χ2v) is 6.88. The van der Waals surface area contributed by atoms with Gasteiger partial charge in [0.1, 0.15) is 5.75 Å². The normalized spacial score (nSPS) is 17.6. The van der Waals surface area contributed by atoms with Crippen LogP contribution in [0.15, 0.2) is 42.5 Å². The minimum Gasteiger partial charge on any atom is -0.508 e. The second-order valence-electron chi connectivity index (χ2n) is 6.88. The van der Waals surface area contributed by atoms with Crippen molar-refractivity contribution in [2.75, 3.05) is 5.32 Å². The first-order chi connectivity index (χ1) is 9.97. The van der Waals surface area contributed by atoms with Crippen LogP contribution in [0.5, 0.6) is 5.75 Å². The number of phenols is 1. The molecule has 1 atom stereocenters. The molecule has 2 heteroatoms. The Morgan fingerprint density at radius 1 is 1.05 bits per heavy atom. The minimum absolute atomic E-state index is 0.115. The highest BCUT2D eigenvalue weighted by Crippen LogP contribution is 2.40. The smallest absolute Gasteiger partial charge is 0.119 e. The van der Waals surface area contributed by atoms with Gasteiger partial charge in [-0.25, -0.2) is 0 Å². The lowest BCUT2D eigenvalue weighted by molar-refractivity contribution is 0.469. The van der Waals surface area contributed by atoms with Crippen molar-refractivity contribution in [3.05, 3.63) is 59.2 Å². The van der Waals surface area contributed by atoms with Crippen molar-refractivity contribution in [1.82, 2.24) is 0 Å². The van der Waals surface area contributed by atoms with Gasteiger partial charge in [0.15, 0.2) is 0 Å². The summed E-state index contributed by atoms with van der Waals surface area (Å²) in [4.78, 5) is 0. The molecular weight excluding hydrogens is 258 g/mol. The quantitative estimate of drug-likeness (QED) is 0.829. The van der Waals surface area contributed by atoms with Gasteiger partial charge in [-0.3, -0.25) is 0 Å². The third-order valence-electron chi connectivity index (χ3n) is 4.31. The van der Waals surface area contributed by atoms with E-state index in [4.69, 9.17) is 0 Å². The van der Waals surface area contributed by atoms with Crippen LogP contribution in [0.1, 0.15) is 49.9 Å². The average Bonchev–Trinajstić information content (AvgIpc) is 2.83. The highest BCUT2D eigenvalue weighted by atomic mass is 16.3. The summed E-state index contributed by atoms with van der Waals surface area (Å²) in [7, 11) is 0. The molecule has 2 aromatic rings. The van der Waals surface area contributed by atoms with Crippen LogP contribution in [0.2, 0.25) is 0 Å². The third kappa shape index (κ3) is 2.63. The molecule has 3 rings (SSSR count). The van der Waals surface area contributed by atoms with E-state index in [0.717, 1.165) is 18.4 Å². The Kier molecular flexibility index (Phi) is 3.40. The van der Waals surface area contributed by atoms with Crippen molar-refractivity contribution in [3.63, 3.8) is 0 Å². The fourth-order valence-corrected chi connectivity index (χ4v) is 3.24. The number of phenolic OH excluding ortho intramolecular Hbond substituents is 1. The summed E-state index contributed by atoms with van der Waals surface area (Å²) < 4.78 is 0. The molecule has 0 aliphatic heterocycles. The van der Waals surface area contributed by atoms with Crippen LogP contribution in [-0.4, -0.2) is 5.11 Å². The van der Waals surface area contributed by atoms with E-state index in [1.54, 1.807) is 6.07 Å². The fourth-order valence-electron chi connectivity index (χ4n) is 3.24. The molecule has 2 aromatic carbocycles. The summed E-state index contributed by atoms with van der Waals surface area (Å²) in [6.45, 7) is 6.71. The molecule has 0 aromatic heterocycles. The monoisotopic (exact) mass is 281 g/mol. The number of anilines is 1. The molecule has 0 heterocycles. The van der Waals surface area contributed by atoms with E-state index in [9.17, 15) is 5.11 Å². The predicted molar refractivity (Wildman–Crippen MR) is 87.9 cm³/mol. The third-order valence-corrected chi connectivity index (χ3v) is 4.31. The van der Waals surface area contributed by atoms with Crippen LogP contribution >= 0.6 is 0 Å². The van der Waals surface area contributed by atoms with Crippen molar-refractivity contribution >= 4 is 5.69 Å². The number of fused-ring (bicyclic) bond motifs is 1. The van der Waals surface area contributed by atoms with Crippen molar-refractivity contribution in [1.29, 1.82) is 0 Å². The number of hydrogen-bond acceptors (Lipinski definition) is 2. The van der Waals surface area contributed by atoms with E-state index >= 15 is 0 Å². The molecule has 0 saturated carbocycles. The highest BCUT2D eigenvalue weighted by molar-refractivity contribution is 5.57. The van der Waals surface area contributed by atoms with Gasteiger partial charge >= 0.3 is 0 Å². The van der Waals surface area contributed by atoms with Crippen molar-refractivity contribution in [2.24, 2.45) is 0 Å². The Bertz CT molecular complexity index is 655. The van der Waals surface area contributed by atoms with E-state index in [2.05, 4.69) is 56.4 Å². The molecular formula is C19H23NO. The van der Waals surface area contributed by atoms with Crippen molar-refractivity contribution < 1.29 is 5.11 Å². The summed E-state index contributed by atoms with van der Waals surface area (Å²) in [5.74, 6) is 0.431. The second kappa shape index (κ2) is 5.10. The fraction of sp³-hybridized carbons (Fsp3) is 0.368. The Morgan fingerprint density at radius 2 is 1.81 bits per heavy atom. The van der Waals surface area contributed by atoms with Crippen LogP contribution in [0.3, 0.4) is 0 Å². The number of para-hydroxylation sites is 1. The Balaban J connectivity index is 1.92. The first-order valence-corrected chi connectivity index (χ1v) is 7.63. The Morgan fingerprint density at radius 3 is 2.57 bits per heavy atom. The molecule has 0 amide bonds. The van der Waals surface area contributed by atoms with Gasteiger partial charge in [-0.05, 0) is 47.1 Å². The van der Waals surface area contributed by atoms with Gasteiger partial charge in [-0.2, -0.15) is 0 Å². The van der Waals surface area contributed by atoms with E-state index in [-0.39, 0.29) is 11.5 Å². The van der Waals surface area contributed by atoms with E-state index < -0.39 is 0 Å². The van der Waals surface area contributed by atoms with E-state index in [0.29, 0.717) is 5.75 Å². The van der Waals surface area contributed by atoms with Crippen LogP contribution in [0.4, 0.5) is 5.69 Å². The molecule has 0 saturated heterocycles. The first kappa shape index (κ1) is 14.0. The van der Waals surface area contributed by atoms with Gasteiger partial charge in [0.25, 0.3) is 0 Å². The van der Waals surface area contributed by atoms with Crippen LogP contribution < -0.4 is 5.32 Å². The Labute approximate surface area is 126 Å². The molecule has 2 nitrogen and oxygen atoms in total. The zero-order valence-corrected chi connectivity index (χ0v) is 13.0.